The fraction of sp³-hybridized carbons (Fsp3) is 0.405. The lowest BCUT2D eigenvalue weighted by molar-refractivity contribution is -0.149. The van der Waals surface area contributed by atoms with Crippen LogP contribution in [0.4, 0.5) is 11.4 Å². The van der Waals surface area contributed by atoms with Crippen LogP contribution < -0.4 is 11.5 Å². The number of pyridine rings is 1. The number of hydrogen-bond acceptors (Lipinski definition) is 8. The number of aliphatic hydroxyl groups is 1. The molecule has 1 fully saturated rings. The summed E-state index contributed by atoms with van der Waals surface area (Å²) in [6.07, 6.45) is 2.63. The van der Waals surface area contributed by atoms with E-state index < -0.39 is 6.10 Å². The summed E-state index contributed by atoms with van der Waals surface area (Å²) in [5.41, 5.74) is 21.0. The third-order valence-corrected chi connectivity index (χ3v) is 8.63. The van der Waals surface area contributed by atoms with Gasteiger partial charge in [-0.15, -0.1) is 0 Å². The van der Waals surface area contributed by atoms with E-state index in [2.05, 4.69) is 25.8 Å². The summed E-state index contributed by atoms with van der Waals surface area (Å²) < 4.78 is 5.30. The molecule has 1 aromatic heterocycles. The molecule has 0 aliphatic heterocycles. The van der Waals surface area contributed by atoms with Crippen LogP contribution in [0.3, 0.4) is 0 Å². The number of nitrogen functional groups attached to an aromatic ring is 1. The highest BCUT2D eigenvalue weighted by Crippen LogP contribution is 2.42. The number of rotatable bonds is 11. The minimum atomic E-state index is -0.719. The first-order valence-electron chi connectivity index (χ1n) is 15.8. The number of benzene rings is 2. The number of nitrogens with two attached hydrogens (primary N) is 2. The maximum absolute atomic E-state index is 12.4. The Bertz CT molecular complexity index is 1580. The Morgan fingerprint density at radius 2 is 1.84 bits per heavy atom. The number of ether oxygens (including phenoxy) is 1. The molecule has 1 heterocycles. The van der Waals surface area contributed by atoms with Crippen molar-refractivity contribution in [2.45, 2.75) is 66.4 Å². The zero-order chi connectivity index (χ0) is 32.7. The molecule has 0 amide bonds. The number of carbonyl (C=O) groups excluding carboxylic acids is 1. The number of hydrogen-bond donors (Lipinski definition) is 3. The maximum atomic E-state index is 12.4. The van der Waals surface area contributed by atoms with Crippen LogP contribution in [0, 0.1) is 24.7 Å². The first-order chi connectivity index (χ1) is 21.5. The van der Waals surface area contributed by atoms with Crippen molar-refractivity contribution in [3.8, 4) is 0 Å². The predicted octanol–water partition coefficient (Wildman–Crippen LogP) is 6.94. The van der Waals surface area contributed by atoms with Gasteiger partial charge in [-0.1, -0.05) is 63.2 Å². The van der Waals surface area contributed by atoms with E-state index in [1.54, 1.807) is 6.21 Å². The summed E-state index contributed by atoms with van der Waals surface area (Å²) in [5.74, 6) is 0.355. The molecule has 0 radical (unpaired) electrons. The van der Waals surface area contributed by atoms with Gasteiger partial charge in [0.2, 0.25) is 0 Å². The molecule has 0 bridgehead atoms. The van der Waals surface area contributed by atoms with E-state index >= 15 is 0 Å². The second-order valence-electron chi connectivity index (χ2n) is 12.3. The molecule has 238 valence electrons. The van der Waals surface area contributed by atoms with Crippen molar-refractivity contribution < 1.29 is 14.6 Å². The van der Waals surface area contributed by atoms with E-state index in [0.717, 1.165) is 52.3 Å². The molecule has 2 aromatic carbocycles. The van der Waals surface area contributed by atoms with Gasteiger partial charge in [0.15, 0.2) is 0 Å². The minimum absolute atomic E-state index is 0.0761. The summed E-state index contributed by atoms with van der Waals surface area (Å²) in [5, 5.41) is 10.6. The molecular weight excluding hydrogens is 562 g/mol. The molecule has 5 N–H and O–H groups in total. The quantitative estimate of drug-likeness (QED) is 0.122. The summed E-state index contributed by atoms with van der Waals surface area (Å²) in [6.45, 7) is 12.7. The Morgan fingerprint density at radius 3 is 2.51 bits per heavy atom. The number of aliphatic imine (C=N–C) groups is 2. The number of aliphatic hydroxyl groups excluding tert-OH is 1. The highest BCUT2D eigenvalue weighted by Gasteiger charge is 2.38. The van der Waals surface area contributed by atoms with E-state index in [9.17, 15) is 9.90 Å². The van der Waals surface area contributed by atoms with Crippen LogP contribution in [0.5, 0.6) is 0 Å². The zero-order valence-electron chi connectivity index (χ0n) is 27.3. The second kappa shape index (κ2) is 15.1. The van der Waals surface area contributed by atoms with Crippen molar-refractivity contribution in [3.05, 3.63) is 94.3 Å². The fourth-order valence-corrected chi connectivity index (χ4v) is 6.28. The number of carbonyl (C=O) groups is 1. The standard InChI is InChI=1S/C37H47N5O3/c1-7-45-37(44)29-19-27(18-23(29)4)33-17-16-32(24(5)41-33)42-25(6)35(22(2)3)36(39)28-14-11-15-31(38)30(28)20-40-21-34(43)26-12-9-8-10-13-26/h8-17,20,22-23,27,29,34,43H,7,18-19,21,38-39H2,1-6H3/b36-35-,40-20?,42-25?. The van der Waals surface area contributed by atoms with Crippen molar-refractivity contribution in [1.29, 1.82) is 0 Å². The van der Waals surface area contributed by atoms with Gasteiger partial charge in [-0.05, 0) is 74.8 Å². The SMILES string of the molecule is CCOC(=O)C1CC(c2ccc(N=C(C)/C(=C(\N)c3cccc(N)c3C=NCC(O)c3ccccc3)C(C)C)c(C)n2)CC1C. The lowest BCUT2D eigenvalue weighted by atomic mass is 9.91. The normalized spacial score (nSPS) is 20.0. The van der Waals surface area contributed by atoms with Gasteiger partial charge in [-0.25, -0.2) is 0 Å². The van der Waals surface area contributed by atoms with Gasteiger partial charge in [0.1, 0.15) is 0 Å². The monoisotopic (exact) mass is 609 g/mol. The summed E-state index contributed by atoms with van der Waals surface area (Å²) in [6, 6.07) is 19.1. The summed E-state index contributed by atoms with van der Waals surface area (Å²) in [4.78, 5) is 26.9. The van der Waals surface area contributed by atoms with Crippen molar-refractivity contribution in [1.82, 2.24) is 4.98 Å². The fourth-order valence-electron chi connectivity index (χ4n) is 6.28. The molecule has 1 saturated carbocycles. The molecule has 4 unspecified atom stereocenters. The number of aromatic nitrogens is 1. The lowest BCUT2D eigenvalue weighted by Crippen LogP contribution is -2.19. The van der Waals surface area contributed by atoms with Crippen LogP contribution >= 0.6 is 0 Å². The molecule has 0 saturated heterocycles. The van der Waals surface area contributed by atoms with Crippen molar-refractivity contribution in [2.75, 3.05) is 18.9 Å². The minimum Gasteiger partial charge on any atom is -0.466 e. The van der Waals surface area contributed by atoms with Crippen LogP contribution in [0.25, 0.3) is 5.70 Å². The summed E-state index contributed by atoms with van der Waals surface area (Å²) in [7, 11) is 0. The van der Waals surface area contributed by atoms with Crippen LogP contribution in [-0.2, 0) is 9.53 Å². The van der Waals surface area contributed by atoms with Crippen LogP contribution in [0.1, 0.15) is 87.6 Å². The van der Waals surface area contributed by atoms with Gasteiger partial charge in [0.25, 0.3) is 0 Å². The average molecular weight is 610 g/mol. The highest BCUT2D eigenvalue weighted by atomic mass is 16.5. The van der Waals surface area contributed by atoms with Gasteiger partial charge in [0.05, 0.1) is 36.6 Å². The molecule has 0 spiro atoms. The largest absolute Gasteiger partial charge is 0.466 e. The van der Waals surface area contributed by atoms with Crippen LogP contribution in [0.2, 0.25) is 0 Å². The third kappa shape index (κ3) is 8.05. The average Bonchev–Trinajstić information content (AvgIpc) is 3.40. The van der Waals surface area contributed by atoms with Gasteiger partial charge in [-0.2, -0.15) is 0 Å². The van der Waals surface area contributed by atoms with Crippen LogP contribution in [-0.4, -0.2) is 41.1 Å². The highest BCUT2D eigenvalue weighted by molar-refractivity contribution is 6.07. The predicted molar refractivity (Wildman–Crippen MR) is 184 cm³/mol. The molecule has 8 heteroatoms. The van der Waals surface area contributed by atoms with E-state index in [0.29, 0.717) is 23.6 Å². The van der Waals surface area contributed by atoms with Crippen molar-refractivity contribution in [3.63, 3.8) is 0 Å². The second-order valence-corrected chi connectivity index (χ2v) is 12.3. The Kier molecular flexibility index (Phi) is 11.3. The Morgan fingerprint density at radius 1 is 1.11 bits per heavy atom. The van der Waals surface area contributed by atoms with Crippen molar-refractivity contribution >= 4 is 35.0 Å². The first kappa shape index (κ1) is 33.6. The molecule has 1 aliphatic rings. The number of anilines is 1. The number of aryl methyl sites for hydroxylation is 1. The van der Waals surface area contributed by atoms with E-state index in [1.807, 2.05) is 81.4 Å². The third-order valence-electron chi connectivity index (χ3n) is 8.63. The van der Waals surface area contributed by atoms with E-state index in [4.69, 9.17) is 26.2 Å². The topological polar surface area (TPSA) is 136 Å². The van der Waals surface area contributed by atoms with Gasteiger partial charge in [-0.3, -0.25) is 19.8 Å². The Labute approximate surface area is 267 Å². The molecule has 1 aliphatic carbocycles. The van der Waals surface area contributed by atoms with Gasteiger partial charge >= 0.3 is 5.97 Å². The van der Waals surface area contributed by atoms with Crippen molar-refractivity contribution in [2.24, 2.45) is 33.5 Å². The first-order valence-corrected chi connectivity index (χ1v) is 15.8. The van der Waals surface area contributed by atoms with Gasteiger partial charge in [0, 0.05) is 46.0 Å². The molecule has 45 heavy (non-hydrogen) atoms. The van der Waals surface area contributed by atoms with Gasteiger partial charge < -0.3 is 21.3 Å². The Balaban J connectivity index is 1.60. The van der Waals surface area contributed by atoms with Crippen LogP contribution in [0.15, 0.2) is 76.2 Å². The smallest absolute Gasteiger partial charge is 0.309 e. The zero-order valence-corrected chi connectivity index (χ0v) is 27.3. The number of allylic oxidation sites excluding steroid dienone is 1. The number of esters is 1. The Hall–Kier alpha value is -4.30. The number of nitrogens with zero attached hydrogens (tertiary/aromatic N) is 3. The molecule has 4 atom stereocenters. The maximum Gasteiger partial charge on any atom is 0.309 e. The summed E-state index contributed by atoms with van der Waals surface area (Å²) >= 11 is 0. The molecule has 8 nitrogen and oxygen atoms in total. The molecule has 3 aromatic rings. The molecular formula is C37H47N5O3. The molecule has 4 rings (SSSR count). The van der Waals surface area contributed by atoms with E-state index in [-0.39, 0.29) is 36.2 Å². The van der Waals surface area contributed by atoms with E-state index in [1.165, 1.54) is 0 Å². The lowest BCUT2D eigenvalue weighted by Gasteiger charge is -2.19.